The maximum atomic E-state index is 11.8. The molecule has 0 aromatic carbocycles. The Bertz CT molecular complexity index is 489. The van der Waals surface area contributed by atoms with Crippen LogP contribution in [0.3, 0.4) is 0 Å². The number of hydrogen-bond acceptors (Lipinski definition) is 6. The number of thiazole rings is 1. The summed E-state index contributed by atoms with van der Waals surface area (Å²) in [5.41, 5.74) is 5.99. The molecule has 0 spiro atoms. The van der Waals surface area contributed by atoms with Gasteiger partial charge in [0.15, 0.2) is 11.5 Å². The lowest BCUT2D eigenvalue weighted by Gasteiger charge is -2.24. The highest BCUT2D eigenvalue weighted by atomic mass is 32.1. The quantitative estimate of drug-likeness (QED) is 0.678. The van der Waals surface area contributed by atoms with Crippen molar-refractivity contribution in [2.24, 2.45) is 11.1 Å². The van der Waals surface area contributed by atoms with Crippen molar-refractivity contribution in [2.45, 2.75) is 40.7 Å². The fraction of sp³-hybridized carbons (Fsp3) is 0.615. The fourth-order valence-electron chi connectivity index (χ4n) is 1.42. The molecule has 1 heterocycles. The van der Waals surface area contributed by atoms with Crippen LogP contribution in [0.1, 0.15) is 65.8 Å². The number of hydrogen-bond donors (Lipinski definition) is 1. The molecule has 0 aliphatic rings. The van der Waals surface area contributed by atoms with Gasteiger partial charge >= 0.3 is 5.97 Å². The van der Waals surface area contributed by atoms with E-state index in [2.05, 4.69) is 4.98 Å². The van der Waals surface area contributed by atoms with Crippen LogP contribution in [-0.2, 0) is 4.74 Å². The number of nitrogens with two attached hydrogens (primary N) is 1. The van der Waals surface area contributed by atoms with Crippen LogP contribution in [0, 0.1) is 5.41 Å². The molecular weight excluding hydrogens is 264 g/mol. The Hall–Kier alpha value is -1.27. The summed E-state index contributed by atoms with van der Waals surface area (Å²) in [6, 6.07) is -0.334. The number of carbonyl (C=O) groups excluding carboxylic acids is 2. The fourth-order valence-corrected chi connectivity index (χ4v) is 2.61. The minimum absolute atomic E-state index is 0.0778. The summed E-state index contributed by atoms with van der Waals surface area (Å²) in [5, 5.41) is 0.584. The van der Waals surface area contributed by atoms with Gasteiger partial charge in [-0.3, -0.25) is 4.79 Å². The summed E-state index contributed by atoms with van der Waals surface area (Å²) in [6.07, 6.45) is 0. The zero-order valence-electron chi connectivity index (χ0n) is 11.9. The Labute approximate surface area is 117 Å². The second-order valence-electron chi connectivity index (χ2n) is 5.35. The molecule has 1 unspecified atom stereocenters. The number of nitrogens with zero attached hydrogens (tertiary/aromatic N) is 1. The first-order valence-corrected chi connectivity index (χ1v) is 6.94. The van der Waals surface area contributed by atoms with Gasteiger partial charge in [-0.15, -0.1) is 11.3 Å². The molecule has 2 N–H and O–H groups in total. The largest absolute Gasteiger partial charge is 0.461 e. The summed E-state index contributed by atoms with van der Waals surface area (Å²) < 4.78 is 4.91. The zero-order chi connectivity index (χ0) is 14.8. The van der Waals surface area contributed by atoms with Gasteiger partial charge in [0.1, 0.15) is 9.88 Å². The molecule has 19 heavy (non-hydrogen) atoms. The van der Waals surface area contributed by atoms with Gasteiger partial charge in [0.25, 0.3) is 0 Å². The van der Waals surface area contributed by atoms with Gasteiger partial charge in [-0.25, -0.2) is 9.78 Å². The van der Waals surface area contributed by atoms with E-state index in [-0.39, 0.29) is 29.5 Å². The van der Waals surface area contributed by atoms with Crippen LogP contribution in [0.25, 0.3) is 0 Å². The lowest BCUT2D eigenvalue weighted by Crippen LogP contribution is -2.26. The Morgan fingerprint density at radius 1 is 1.42 bits per heavy atom. The summed E-state index contributed by atoms with van der Waals surface area (Å²) in [5.74, 6) is -0.774. The molecule has 0 saturated heterocycles. The van der Waals surface area contributed by atoms with Crippen molar-refractivity contribution >= 4 is 23.1 Å². The molecule has 1 aromatic heterocycles. The molecule has 0 bridgehead atoms. The third-order valence-electron chi connectivity index (χ3n) is 2.63. The number of carbonyl (C=O) groups is 2. The highest BCUT2D eigenvalue weighted by Crippen LogP contribution is 2.34. The number of esters is 1. The Kier molecular flexibility index (Phi) is 4.81. The van der Waals surface area contributed by atoms with Crippen LogP contribution < -0.4 is 5.73 Å². The van der Waals surface area contributed by atoms with E-state index in [1.165, 1.54) is 18.3 Å². The first kappa shape index (κ1) is 15.8. The summed E-state index contributed by atoms with van der Waals surface area (Å²) in [6.45, 7) is 9.31. The van der Waals surface area contributed by atoms with Crippen molar-refractivity contribution in [3.05, 3.63) is 15.6 Å². The predicted octanol–water partition coefficient (Wildman–Crippen LogP) is 2.57. The average molecular weight is 284 g/mol. The molecule has 1 aromatic rings. The lowest BCUT2D eigenvalue weighted by molar-refractivity contribution is 0.0517. The number of ether oxygens (including phenoxy) is 1. The molecule has 106 valence electrons. The van der Waals surface area contributed by atoms with Crippen LogP contribution in [0.15, 0.2) is 0 Å². The second kappa shape index (κ2) is 5.79. The summed E-state index contributed by atoms with van der Waals surface area (Å²) in [7, 11) is 0. The standard InChI is InChI=1S/C13H20N2O3S/c1-6-18-12(17)8-9(7(2)16)19-11(15-8)10(14)13(3,4)5/h10H,6,14H2,1-5H3. The van der Waals surface area contributed by atoms with Gasteiger partial charge in [0.05, 0.1) is 12.6 Å². The van der Waals surface area contributed by atoms with Crippen molar-refractivity contribution in [2.75, 3.05) is 6.61 Å². The third-order valence-corrected chi connectivity index (χ3v) is 3.87. The van der Waals surface area contributed by atoms with Gasteiger partial charge in [-0.1, -0.05) is 20.8 Å². The van der Waals surface area contributed by atoms with Gasteiger partial charge in [-0.2, -0.15) is 0 Å². The van der Waals surface area contributed by atoms with Crippen molar-refractivity contribution in [3.63, 3.8) is 0 Å². The van der Waals surface area contributed by atoms with Gasteiger partial charge in [0, 0.05) is 6.92 Å². The SMILES string of the molecule is CCOC(=O)c1nc(C(N)C(C)(C)C)sc1C(C)=O. The number of aromatic nitrogens is 1. The van der Waals surface area contributed by atoms with E-state index < -0.39 is 5.97 Å². The monoisotopic (exact) mass is 284 g/mol. The zero-order valence-corrected chi connectivity index (χ0v) is 12.8. The minimum Gasteiger partial charge on any atom is -0.461 e. The van der Waals surface area contributed by atoms with Crippen LogP contribution in [0.4, 0.5) is 0 Å². The lowest BCUT2D eigenvalue weighted by atomic mass is 9.88. The Morgan fingerprint density at radius 3 is 2.42 bits per heavy atom. The average Bonchev–Trinajstić information content (AvgIpc) is 2.71. The van der Waals surface area contributed by atoms with Crippen LogP contribution in [0.5, 0.6) is 0 Å². The second-order valence-corrected chi connectivity index (χ2v) is 6.38. The molecule has 0 amide bonds. The third kappa shape index (κ3) is 3.61. The molecular formula is C13H20N2O3S. The van der Waals surface area contributed by atoms with Crippen LogP contribution in [0.2, 0.25) is 0 Å². The number of ketones is 1. The maximum Gasteiger partial charge on any atom is 0.358 e. The van der Waals surface area contributed by atoms with Gasteiger partial charge in [0.2, 0.25) is 0 Å². The normalized spacial score (nSPS) is 13.2. The summed E-state index contributed by atoms with van der Waals surface area (Å²) >= 11 is 1.17. The first-order valence-electron chi connectivity index (χ1n) is 6.12. The molecule has 6 heteroatoms. The van der Waals surface area contributed by atoms with Gasteiger partial charge < -0.3 is 10.5 Å². The highest BCUT2D eigenvalue weighted by Gasteiger charge is 2.29. The van der Waals surface area contributed by atoms with Crippen LogP contribution >= 0.6 is 11.3 Å². The van der Waals surface area contributed by atoms with E-state index in [4.69, 9.17) is 10.5 Å². The predicted molar refractivity (Wildman–Crippen MR) is 74.5 cm³/mol. The first-order chi connectivity index (χ1) is 8.68. The molecule has 0 aliphatic heterocycles. The Morgan fingerprint density at radius 2 is 2.00 bits per heavy atom. The van der Waals surface area contributed by atoms with E-state index >= 15 is 0 Å². The smallest absolute Gasteiger partial charge is 0.358 e. The molecule has 1 rings (SSSR count). The Balaban J connectivity index is 3.22. The van der Waals surface area contributed by atoms with Crippen molar-refractivity contribution in [3.8, 4) is 0 Å². The summed E-state index contributed by atoms with van der Waals surface area (Å²) in [4.78, 5) is 27.9. The van der Waals surface area contributed by atoms with E-state index in [9.17, 15) is 9.59 Å². The molecule has 0 saturated carbocycles. The van der Waals surface area contributed by atoms with Crippen molar-refractivity contribution < 1.29 is 14.3 Å². The highest BCUT2D eigenvalue weighted by molar-refractivity contribution is 7.14. The number of rotatable bonds is 4. The maximum absolute atomic E-state index is 11.8. The molecule has 1 atom stereocenters. The number of Topliss-reactive ketones (excluding diaryl/α,β-unsaturated/α-hetero) is 1. The van der Waals surface area contributed by atoms with E-state index in [0.717, 1.165) is 0 Å². The van der Waals surface area contributed by atoms with Crippen molar-refractivity contribution in [1.82, 2.24) is 4.98 Å². The topological polar surface area (TPSA) is 82.3 Å². The minimum atomic E-state index is -0.573. The van der Waals surface area contributed by atoms with Gasteiger partial charge in [-0.05, 0) is 12.3 Å². The van der Waals surface area contributed by atoms with E-state index in [1.807, 2.05) is 20.8 Å². The molecule has 0 fully saturated rings. The molecule has 0 aliphatic carbocycles. The van der Waals surface area contributed by atoms with E-state index in [1.54, 1.807) is 6.92 Å². The van der Waals surface area contributed by atoms with E-state index in [0.29, 0.717) is 9.88 Å². The molecule has 0 radical (unpaired) electrons. The molecule has 5 nitrogen and oxygen atoms in total. The van der Waals surface area contributed by atoms with Crippen molar-refractivity contribution in [1.29, 1.82) is 0 Å². The van der Waals surface area contributed by atoms with Crippen LogP contribution in [-0.4, -0.2) is 23.3 Å².